The molecule has 0 N–H and O–H groups in total. The Bertz CT molecular complexity index is 255. The van der Waals surface area contributed by atoms with E-state index >= 15 is 0 Å². The third-order valence-corrected chi connectivity index (χ3v) is 4.76. The first kappa shape index (κ1) is 14.5. The van der Waals surface area contributed by atoms with Crippen molar-refractivity contribution in [1.82, 2.24) is 0 Å². The average Bonchev–Trinajstić information content (AvgIpc) is 2.75. The van der Waals surface area contributed by atoms with E-state index in [4.69, 9.17) is 9.47 Å². The fourth-order valence-corrected chi connectivity index (χ4v) is 3.72. The quantitative estimate of drug-likeness (QED) is 0.735. The SMILES string of the molecule is FC(F)(F)CCSCC1CCC2(CC1)OCCO2. The standard InChI is InChI=1S/C12H19F3O2S/c13-12(14,15)5-8-18-9-10-1-3-11(4-2-10)16-6-7-17-11/h10H,1-9H2. The summed E-state index contributed by atoms with van der Waals surface area (Å²) >= 11 is 1.42. The lowest BCUT2D eigenvalue weighted by Crippen LogP contribution is -2.35. The Morgan fingerprint density at radius 2 is 1.72 bits per heavy atom. The molecule has 2 aliphatic rings. The van der Waals surface area contributed by atoms with Gasteiger partial charge in [0.1, 0.15) is 0 Å². The zero-order chi connectivity index (χ0) is 13.1. The summed E-state index contributed by atoms with van der Waals surface area (Å²) in [6.45, 7) is 1.34. The fourth-order valence-electron chi connectivity index (χ4n) is 2.51. The summed E-state index contributed by atoms with van der Waals surface area (Å²) in [6, 6.07) is 0. The maximum atomic E-state index is 12.0. The second-order valence-electron chi connectivity index (χ2n) is 4.99. The van der Waals surface area contributed by atoms with Crippen LogP contribution in [0, 0.1) is 5.92 Å². The Balaban J connectivity index is 1.59. The highest BCUT2D eigenvalue weighted by molar-refractivity contribution is 7.99. The van der Waals surface area contributed by atoms with E-state index in [2.05, 4.69) is 0 Å². The van der Waals surface area contributed by atoms with Gasteiger partial charge in [-0.05, 0) is 24.5 Å². The van der Waals surface area contributed by atoms with Gasteiger partial charge in [-0.1, -0.05) is 0 Å². The molecule has 1 saturated carbocycles. The highest BCUT2D eigenvalue weighted by atomic mass is 32.2. The Labute approximate surface area is 110 Å². The minimum Gasteiger partial charge on any atom is -0.348 e. The average molecular weight is 284 g/mol. The molecule has 0 unspecified atom stereocenters. The van der Waals surface area contributed by atoms with Crippen LogP contribution in [-0.4, -0.2) is 36.7 Å². The lowest BCUT2D eigenvalue weighted by atomic mass is 9.86. The van der Waals surface area contributed by atoms with Crippen LogP contribution < -0.4 is 0 Å². The van der Waals surface area contributed by atoms with Gasteiger partial charge in [0, 0.05) is 18.6 Å². The van der Waals surface area contributed by atoms with Crippen molar-refractivity contribution in [1.29, 1.82) is 0 Å². The van der Waals surface area contributed by atoms with Crippen LogP contribution in [-0.2, 0) is 9.47 Å². The number of hydrogen-bond acceptors (Lipinski definition) is 3. The number of alkyl halides is 3. The largest absolute Gasteiger partial charge is 0.389 e. The van der Waals surface area contributed by atoms with Gasteiger partial charge in [0.15, 0.2) is 5.79 Å². The minimum atomic E-state index is -4.02. The van der Waals surface area contributed by atoms with Crippen LogP contribution >= 0.6 is 11.8 Å². The van der Waals surface area contributed by atoms with Gasteiger partial charge in [0.25, 0.3) is 0 Å². The molecule has 1 aliphatic heterocycles. The zero-order valence-electron chi connectivity index (χ0n) is 10.3. The van der Waals surface area contributed by atoms with E-state index in [-0.39, 0.29) is 11.5 Å². The van der Waals surface area contributed by atoms with Crippen LogP contribution in [0.5, 0.6) is 0 Å². The van der Waals surface area contributed by atoms with Crippen molar-refractivity contribution in [3.63, 3.8) is 0 Å². The Kier molecular flexibility index (Phi) is 4.83. The number of halogens is 3. The van der Waals surface area contributed by atoms with Crippen LogP contribution in [0.2, 0.25) is 0 Å². The molecule has 0 amide bonds. The number of thioether (sulfide) groups is 1. The fraction of sp³-hybridized carbons (Fsp3) is 1.00. The molecule has 0 aromatic carbocycles. The minimum absolute atomic E-state index is 0.179. The molecule has 1 heterocycles. The molecule has 0 bridgehead atoms. The van der Waals surface area contributed by atoms with E-state index in [9.17, 15) is 13.2 Å². The Morgan fingerprint density at radius 3 is 2.28 bits per heavy atom. The van der Waals surface area contributed by atoms with Gasteiger partial charge >= 0.3 is 6.18 Å². The molecule has 0 aromatic rings. The monoisotopic (exact) mass is 284 g/mol. The summed E-state index contributed by atoms with van der Waals surface area (Å²) in [5.74, 6) is 1.17. The van der Waals surface area contributed by atoms with Gasteiger partial charge in [0.2, 0.25) is 0 Å². The molecule has 106 valence electrons. The van der Waals surface area contributed by atoms with Crippen LogP contribution in [0.25, 0.3) is 0 Å². The van der Waals surface area contributed by atoms with Gasteiger partial charge in [0.05, 0.1) is 19.6 Å². The van der Waals surface area contributed by atoms with Crippen molar-refractivity contribution in [2.45, 2.75) is 44.1 Å². The van der Waals surface area contributed by atoms with Gasteiger partial charge < -0.3 is 9.47 Å². The summed E-state index contributed by atoms with van der Waals surface area (Å²) < 4.78 is 47.2. The van der Waals surface area contributed by atoms with E-state index in [1.807, 2.05) is 0 Å². The molecule has 2 rings (SSSR count). The summed E-state index contributed by atoms with van der Waals surface area (Å²) in [5, 5.41) is 0. The molecular weight excluding hydrogens is 265 g/mol. The molecule has 1 saturated heterocycles. The van der Waals surface area contributed by atoms with Crippen molar-refractivity contribution in [2.24, 2.45) is 5.92 Å². The van der Waals surface area contributed by atoms with Crippen LogP contribution in [0.15, 0.2) is 0 Å². The van der Waals surface area contributed by atoms with E-state index in [1.54, 1.807) is 0 Å². The lowest BCUT2D eigenvalue weighted by molar-refractivity contribution is -0.181. The topological polar surface area (TPSA) is 18.5 Å². The van der Waals surface area contributed by atoms with Crippen molar-refractivity contribution < 1.29 is 22.6 Å². The molecule has 18 heavy (non-hydrogen) atoms. The maximum Gasteiger partial charge on any atom is 0.389 e. The van der Waals surface area contributed by atoms with E-state index in [0.717, 1.165) is 31.4 Å². The first-order chi connectivity index (χ1) is 8.49. The molecular formula is C12H19F3O2S. The number of ether oxygens (including phenoxy) is 2. The van der Waals surface area contributed by atoms with Crippen molar-refractivity contribution in [3.8, 4) is 0 Å². The first-order valence-electron chi connectivity index (χ1n) is 6.42. The Morgan fingerprint density at radius 1 is 1.11 bits per heavy atom. The van der Waals surface area contributed by atoms with Crippen molar-refractivity contribution >= 4 is 11.8 Å². The van der Waals surface area contributed by atoms with Gasteiger partial charge in [-0.25, -0.2) is 0 Å². The highest BCUT2D eigenvalue weighted by Crippen LogP contribution is 2.39. The lowest BCUT2D eigenvalue weighted by Gasteiger charge is -2.35. The highest BCUT2D eigenvalue weighted by Gasteiger charge is 2.40. The summed E-state index contributed by atoms with van der Waals surface area (Å²) in [7, 11) is 0. The van der Waals surface area contributed by atoms with E-state index in [1.165, 1.54) is 11.8 Å². The van der Waals surface area contributed by atoms with Gasteiger partial charge in [-0.15, -0.1) is 0 Å². The third-order valence-electron chi connectivity index (χ3n) is 3.56. The van der Waals surface area contributed by atoms with Crippen molar-refractivity contribution in [3.05, 3.63) is 0 Å². The van der Waals surface area contributed by atoms with E-state index in [0.29, 0.717) is 19.1 Å². The molecule has 1 spiro atoms. The Hall–Kier alpha value is 0.0600. The second-order valence-corrected chi connectivity index (χ2v) is 6.14. The number of hydrogen-bond donors (Lipinski definition) is 0. The first-order valence-corrected chi connectivity index (χ1v) is 7.57. The molecule has 2 fully saturated rings. The second kappa shape index (κ2) is 6.01. The van der Waals surface area contributed by atoms with E-state index < -0.39 is 12.6 Å². The molecule has 6 heteroatoms. The zero-order valence-corrected chi connectivity index (χ0v) is 11.1. The molecule has 2 nitrogen and oxygen atoms in total. The third kappa shape index (κ3) is 4.31. The smallest absolute Gasteiger partial charge is 0.348 e. The molecule has 0 aromatic heterocycles. The molecule has 0 atom stereocenters. The summed E-state index contributed by atoms with van der Waals surface area (Å²) in [4.78, 5) is 0. The summed E-state index contributed by atoms with van der Waals surface area (Å²) in [5.41, 5.74) is 0. The normalized spacial score (nSPS) is 24.8. The van der Waals surface area contributed by atoms with Crippen LogP contribution in [0.1, 0.15) is 32.1 Å². The predicted molar refractivity (Wildman–Crippen MR) is 64.6 cm³/mol. The van der Waals surface area contributed by atoms with Crippen LogP contribution in [0.3, 0.4) is 0 Å². The molecule has 1 aliphatic carbocycles. The molecule has 0 radical (unpaired) electrons. The van der Waals surface area contributed by atoms with Crippen molar-refractivity contribution in [2.75, 3.05) is 24.7 Å². The maximum absolute atomic E-state index is 12.0. The number of rotatable bonds is 4. The predicted octanol–water partition coefficient (Wildman–Crippen LogP) is 3.61. The summed E-state index contributed by atoms with van der Waals surface area (Å²) in [6.07, 6.45) is -0.928. The van der Waals surface area contributed by atoms with Gasteiger partial charge in [-0.3, -0.25) is 0 Å². The van der Waals surface area contributed by atoms with Crippen LogP contribution in [0.4, 0.5) is 13.2 Å². The van der Waals surface area contributed by atoms with Gasteiger partial charge in [-0.2, -0.15) is 24.9 Å².